The van der Waals surface area contributed by atoms with Gasteiger partial charge >= 0.3 is 0 Å². The second-order valence-corrected chi connectivity index (χ2v) is 6.15. The molecule has 0 bridgehead atoms. The van der Waals surface area contributed by atoms with Gasteiger partial charge in [0.1, 0.15) is 0 Å². The van der Waals surface area contributed by atoms with Crippen LogP contribution in [0.15, 0.2) is 24.3 Å². The van der Waals surface area contributed by atoms with Crippen molar-refractivity contribution < 1.29 is 0 Å². The molecule has 94 valence electrons. The minimum absolute atomic E-state index is 0.493. The summed E-state index contributed by atoms with van der Waals surface area (Å²) in [5.41, 5.74) is 2.10. The largest absolute Gasteiger partial charge is 0.105 e. The Bertz CT molecular complexity index is 350. The monoisotopic (exact) mass is 248 g/mol. The Morgan fingerprint density at radius 2 is 1.82 bits per heavy atom. The molecule has 0 aliphatic heterocycles. The van der Waals surface area contributed by atoms with Crippen LogP contribution in [0.4, 0.5) is 0 Å². The van der Waals surface area contributed by atoms with Crippen molar-refractivity contribution in [1.82, 2.24) is 0 Å². The Hall–Kier alpha value is -0.350. The average Bonchev–Trinajstić information content (AvgIpc) is 2.38. The van der Waals surface area contributed by atoms with Gasteiger partial charge in [0.25, 0.3) is 0 Å². The molecule has 17 heavy (non-hydrogen) atoms. The van der Waals surface area contributed by atoms with Crippen LogP contribution in [0.25, 0.3) is 0 Å². The van der Waals surface area contributed by atoms with Crippen molar-refractivity contribution in [2.75, 3.05) is 0 Å². The fourth-order valence-electron chi connectivity index (χ4n) is 3.38. The molecule has 1 fully saturated rings. The van der Waals surface area contributed by atoms with Gasteiger partial charge in [0.2, 0.25) is 0 Å². The summed E-state index contributed by atoms with van der Waals surface area (Å²) in [7, 11) is 2.94. The zero-order valence-electron chi connectivity index (χ0n) is 11.0. The summed E-state index contributed by atoms with van der Waals surface area (Å²) in [6.45, 7) is 2.31. The van der Waals surface area contributed by atoms with E-state index in [0.717, 1.165) is 0 Å². The highest BCUT2D eigenvalue weighted by Gasteiger charge is 2.33. The van der Waals surface area contributed by atoms with Gasteiger partial charge in [0, 0.05) is 0 Å². The quantitative estimate of drug-likeness (QED) is 0.684. The first-order chi connectivity index (χ1) is 8.28. The average molecular weight is 248 g/mol. The van der Waals surface area contributed by atoms with Gasteiger partial charge in [-0.25, -0.2) is 0 Å². The Kier molecular flexibility index (Phi) is 4.62. The summed E-state index contributed by atoms with van der Waals surface area (Å²) in [6, 6.07) is 8.99. The van der Waals surface area contributed by atoms with Gasteiger partial charge in [-0.15, -0.1) is 9.24 Å². The Morgan fingerprint density at radius 3 is 2.47 bits per heavy atom. The number of hydrogen-bond acceptors (Lipinski definition) is 0. The highest BCUT2D eigenvalue weighted by molar-refractivity contribution is 7.27. The van der Waals surface area contributed by atoms with Crippen LogP contribution in [0.3, 0.4) is 0 Å². The summed E-state index contributed by atoms with van der Waals surface area (Å²) >= 11 is 0. The van der Waals surface area contributed by atoms with Crippen molar-refractivity contribution in [2.24, 2.45) is 0 Å². The van der Waals surface area contributed by atoms with E-state index in [4.69, 9.17) is 0 Å². The van der Waals surface area contributed by atoms with E-state index in [1.807, 2.05) is 0 Å². The van der Waals surface area contributed by atoms with Crippen molar-refractivity contribution in [3.8, 4) is 0 Å². The van der Waals surface area contributed by atoms with Crippen molar-refractivity contribution in [3.63, 3.8) is 0 Å². The predicted octanol–water partition coefficient (Wildman–Crippen LogP) is 4.58. The van der Waals surface area contributed by atoms with E-state index in [1.165, 1.54) is 56.7 Å². The van der Waals surface area contributed by atoms with Gasteiger partial charge in [0.15, 0.2) is 0 Å². The summed E-state index contributed by atoms with van der Waals surface area (Å²) in [5.74, 6) is 0. The molecule has 0 spiro atoms. The third-order valence-corrected chi connectivity index (χ3v) is 4.86. The molecule has 1 aromatic carbocycles. The van der Waals surface area contributed by atoms with Crippen LogP contribution in [-0.4, -0.2) is 0 Å². The fourth-order valence-corrected chi connectivity index (χ4v) is 3.89. The van der Waals surface area contributed by atoms with Gasteiger partial charge < -0.3 is 0 Å². The van der Waals surface area contributed by atoms with Crippen LogP contribution in [-0.2, 0) is 5.41 Å². The first kappa shape index (κ1) is 13.1. The van der Waals surface area contributed by atoms with Crippen LogP contribution in [0, 0.1) is 0 Å². The smallest absolute Gasteiger partial charge is 0.00408 e. The molecular formula is C16H25P. The molecule has 1 aliphatic carbocycles. The SMILES string of the molecule is CCCCC1(c2ccccc2P)CCCCC1. The third-order valence-electron chi connectivity index (χ3n) is 4.35. The van der Waals surface area contributed by atoms with Crippen LogP contribution >= 0.6 is 9.24 Å². The molecule has 0 saturated heterocycles. The number of rotatable bonds is 4. The Labute approximate surface area is 108 Å². The topological polar surface area (TPSA) is 0 Å². The lowest BCUT2D eigenvalue weighted by atomic mass is 9.66. The predicted molar refractivity (Wildman–Crippen MR) is 80.1 cm³/mol. The van der Waals surface area contributed by atoms with Gasteiger partial charge in [-0.1, -0.05) is 63.3 Å². The van der Waals surface area contributed by atoms with Crippen LogP contribution in [0.5, 0.6) is 0 Å². The lowest BCUT2D eigenvalue weighted by Gasteiger charge is -2.39. The summed E-state index contributed by atoms with van der Waals surface area (Å²) in [6.07, 6.45) is 11.2. The summed E-state index contributed by atoms with van der Waals surface area (Å²) in [4.78, 5) is 0. The standard InChI is InChI=1S/C16H25P/c1-2-3-11-16(12-7-4-8-13-16)14-9-5-6-10-15(14)17/h5-6,9-10H,2-4,7-8,11-13,17H2,1H3. The second-order valence-electron chi connectivity index (χ2n) is 5.53. The molecule has 0 radical (unpaired) electrons. The van der Waals surface area contributed by atoms with Crippen molar-refractivity contribution in [3.05, 3.63) is 29.8 Å². The maximum absolute atomic E-state index is 2.94. The molecule has 0 nitrogen and oxygen atoms in total. The molecule has 0 aromatic heterocycles. The molecule has 0 N–H and O–H groups in total. The fraction of sp³-hybridized carbons (Fsp3) is 0.625. The Balaban J connectivity index is 2.28. The van der Waals surface area contributed by atoms with E-state index in [9.17, 15) is 0 Å². The van der Waals surface area contributed by atoms with Gasteiger partial charge in [-0.2, -0.15) is 0 Å². The normalized spacial score (nSPS) is 19.2. The third kappa shape index (κ3) is 2.91. The lowest BCUT2D eigenvalue weighted by Crippen LogP contribution is -2.32. The van der Waals surface area contributed by atoms with E-state index in [0.29, 0.717) is 5.41 Å². The zero-order chi connectivity index (χ0) is 12.1. The van der Waals surface area contributed by atoms with Gasteiger partial charge in [-0.3, -0.25) is 0 Å². The van der Waals surface area contributed by atoms with E-state index >= 15 is 0 Å². The first-order valence-corrected chi connectivity index (χ1v) is 7.71. The van der Waals surface area contributed by atoms with Crippen molar-refractivity contribution in [1.29, 1.82) is 0 Å². The van der Waals surface area contributed by atoms with Crippen LogP contribution in [0.1, 0.15) is 63.9 Å². The highest BCUT2D eigenvalue weighted by atomic mass is 31.0. The maximum Gasteiger partial charge on any atom is -0.00408 e. The molecule has 0 heterocycles. The molecule has 1 aliphatic rings. The highest BCUT2D eigenvalue weighted by Crippen LogP contribution is 2.43. The number of hydrogen-bond donors (Lipinski definition) is 0. The Morgan fingerprint density at radius 1 is 1.12 bits per heavy atom. The molecule has 1 unspecified atom stereocenters. The first-order valence-electron chi connectivity index (χ1n) is 7.13. The molecule has 2 rings (SSSR count). The van der Waals surface area contributed by atoms with Gasteiger partial charge in [-0.05, 0) is 35.5 Å². The number of unbranched alkanes of at least 4 members (excludes halogenated alkanes) is 1. The van der Waals surface area contributed by atoms with Crippen LogP contribution < -0.4 is 5.30 Å². The summed E-state index contributed by atoms with van der Waals surface area (Å²) in [5, 5.41) is 1.42. The second kappa shape index (κ2) is 6.01. The van der Waals surface area contributed by atoms with Crippen molar-refractivity contribution >= 4 is 14.5 Å². The van der Waals surface area contributed by atoms with Gasteiger partial charge in [0.05, 0.1) is 0 Å². The van der Waals surface area contributed by atoms with E-state index < -0.39 is 0 Å². The number of benzene rings is 1. The van der Waals surface area contributed by atoms with E-state index in [-0.39, 0.29) is 0 Å². The molecule has 1 heteroatoms. The zero-order valence-corrected chi connectivity index (χ0v) is 12.2. The van der Waals surface area contributed by atoms with Crippen molar-refractivity contribution in [2.45, 2.75) is 63.7 Å². The molecule has 1 saturated carbocycles. The minimum atomic E-state index is 0.493. The van der Waals surface area contributed by atoms with Crippen LogP contribution in [0.2, 0.25) is 0 Å². The molecule has 1 aromatic rings. The van der Waals surface area contributed by atoms with E-state index in [2.05, 4.69) is 40.4 Å². The lowest BCUT2D eigenvalue weighted by molar-refractivity contribution is 0.269. The summed E-state index contributed by atoms with van der Waals surface area (Å²) < 4.78 is 0. The minimum Gasteiger partial charge on any atom is -0.105 e. The molecule has 0 amide bonds. The van der Waals surface area contributed by atoms with E-state index in [1.54, 1.807) is 5.56 Å². The molecule has 1 atom stereocenters. The maximum atomic E-state index is 2.94. The molecular weight excluding hydrogens is 223 g/mol.